The van der Waals surface area contributed by atoms with Crippen molar-refractivity contribution in [1.82, 2.24) is 0 Å². The maximum Gasteiger partial charge on any atom is 0.135 e. The van der Waals surface area contributed by atoms with E-state index in [1.807, 2.05) is 36.4 Å². The number of nitrogens with zero attached hydrogens (tertiary/aromatic N) is 2. The quantitative estimate of drug-likeness (QED) is 0.179. The fourth-order valence-corrected chi connectivity index (χ4v) is 7.27. The number of furan rings is 2. The second-order valence-corrected chi connectivity index (χ2v) is 12.3. The first-order chi connectivity index (χ1) is 20.7. The predicted octanol–water partition coefficient (Wildman–Crippen LogP) is 10.2. The van der Waals surface area contributed by atoms with Crippen molar-refractivity contribution in [3.63, 3.8) is 0 Å². The summed E-state index contributed by atoms with van der Waals surface area (Å²) in [6, 6.07) is 34.9. The van der Waals surface area contributed by atoms with Gasteiger partial charge >= 0.3 is 0 Å². The number of fused-ring (bicyclic) bond motifs is 6. The maximum absolute atomic E-state index is 9.46. The van der Waals surface area contributed by atoms with E-state index in [1.165, 1.54) is 11.1 Å². The monoisotopic (exact) mass is 650 g/mol. The topological polar surface area (TPSA) is 73.9 Å². The average Bonchev–Trinajstić information content (AvgIpc) is 3.61. The van der Waals surface area contributed by atoms with Crippen molar-refractivity contribution in [2.45, 2.75) is 0 Å². The Labute approximate surface area is 250 Å². The van der Waals surface area contributed by atoms with Crippen molar-refractivity contribution in [3.8, 4) is 34.4 Å². The number of hydrogen-bond acceptors (Lipinski definition) is 4. The number of allylic oxidation sites excluding steroid dienone is 3. The van der Waals surface area contributed by atoms with Crippen LogP contribution in [0.4, 0.5) is 0 Å². The molecule has 0 fully saturated rings. The molecule has 0 amide bonds. The Bertz CT molecular complexity index is 2290. The largest absolute Gasteiger partial charge is 0.456 e. The van der Waals surface area contributed by atoms with Crippen molar-refractivity contribution in [2.24, 2.45) is 0 Å². The number of hydrogen-bond donors (Lipinski definition) is 0. The summed E-state index contributed by atoms with van der Waals surface area (Å²) in [7, 11) is 0. The highest BCUT2D eigenvalue weighted by atomic mass is 127. The first-order valence-electron chi connectivity index (χ1n) is 13.4. The van der Waals surface area contributed by atoms with Crippen LogP contribution in [0.5, 0.6) is 0 Å². The lowest BCUT2D eigenvalue weighted by Crippen LogP contribution is -1.91. The number of nitriles is 2. The highest BCUT2D eigenvalue weighted by molar-refractivity contribution is 14.2. The Kier molecular flexibility index (Phi) is 5.67. The summed E-state index contributed by atoms with van der Waals surface area (Å²) in [6.45, 7) is 0. The van der Waals surface area contributed by atoms with Gasteiger partial charge in [-0.15, -0.1) is 0 Å². The third-order valence-electron chi connectivity index (χ3n) is 7.73. The average molecular weight is 650 g/mol. The van der Waals surface area contributed by atoms with Crippen molar-refractivity contribution < 1.29 is 8.83 Å². The van der Waals surface area contributed by atoms with Crippen molar-refractivity contribution >= 4 is 74.2 Å². The molecule has 3 heterocycles. The van der Waals surface area contributed by atoms with E-state index in [2.05, 4.69) is 74.8 Å². The molecule has 0 atom stereocenters. The minimum Gasteiger partial charge on any atom is -0.456 e. The standard InChI is InChI=1S/C37H19IN2O2/c39-20-22-3-7-34-30(12-22)32-17-24(5-9-36(32)41-34)27-14-28(16-29(15-27)26-2-1-11-38-19-26)25-6-10-37-33(18-25)31-13-23(21-40)4-8-35(31)42-37/h1-19H. The zero-order valence-corrected chi connectivity index (χ0v) is 24.2. The molecule has 0 saturated carbocycles. The normalized spacial score (nSPS) is 12.9. The first kappa shape index (κ1) is 24.5. The molecule has 0 bridgehead atoms. The van der Waals surface area contributed by atoms with Gasteiger partial charge in [0.25, 0.3) is 0 Å². The molecular weight excluding hydrogens is 631 g/mol. The Morgan fingerprint density at radius 3 is 1.45 bits per heavy atom. The number of benzene rings is 5. The van der Waals surface area contributed by atoms with Gasteiger partial charge in [-0.1, -0.05) is 45.0 Å². The van der Waals surface area contributed by atoms with Crippen LogP contribution in [0.3, 0.4) is 0 Å². The van der Waals surface area contributed by atoms with Crippen LogP contribution in [0, 0.1) is 22.7 Å². The molecule has 1 aliphatic heterocycles. The molecule has 5 heteroatoms. The van der Waals surface area contributed by atoms with Gasteiger partial charge in [-0.25, -0.2) is 0 Å². The van der Waals surface area contributed by atoms with Gasteiger partial charge in [-0.2, -0.15) is 10.5 Å². The Morgan fingerprint density at radius 2 is 0.976 bits per heavy atom. The predicted molar refractivity (Wildman–Crippen MR) is 179 cm³/mol. The molecular formula is C37H19IN2O2. The highest BCUT2D eigenvalue weighted by Crippen LogP contribution is 2.38. The summed E-state index contributed by atoms with van der Waals surface area (Å²) in [5.74, 6) is 0. The number of rotatable bonds is 3. The van der Waals surface area contributed by atoms with Gasteiger partial charge in [-0.05, 0) is 120 Å². The number of halogens is 1. The van der Waals surface area contributed by atoms with E-state index in [0.717, 1.165) is 66.1 Å². The zero-order valence-electron chi connectivity index (χ0n) is 22.1. The molecule has 0 saturated heterocycles. The SMILES string of the molecule is N#Cc1ccc2oc3ccc(-c4cc(C5=CC=CI=C5)cc(-c5ccc6oc7ccc(C#N)cc7c6c5)c4)cc3c2c1. The van der Waals surface area contributed by atoms with Gasteiger partial charge in [0, 0.05) is 21.5 Å². The van der Waals surface area contributed by atoms with Crippen molar-refractivity contribution in [2.75, 3.05) is 0 Å². The lowest BCUT2D eigenvalue weighted by molar-refractivity contribution is 0.668. The van der Waals surface area contributed by atoms with Crippen molar-refractivity contribution in [1.29, 1.82) is 10.5 Å². The summed E-state index contributed by atoms with van der Waals surface area (Å²) >= 11 is -0.119. The van der Waals surface area contributed by atoms with E-state index in [-0.39, 0.29) is 20.7 Å². The van der Waals surface area contributed by atoms with Crippen LogP contribution in [0.25, 0.3) is 71.7 Å². The van der Waals surface area contributed by atoms with Crippen LogP contribution in [-0.2, 0) is 0 Å². The van der Waals surface area contributed by atoms with E-state index in [0.29, 0.717) is 11.1 Å². The smallest absolute Gasteiger partial charge is 0.135 e. The first-order valence-corrected chi connectivity index (χ1v) is 15.9. The minimum absolute atomic E-state index is 0.119. The Balaban J connectivity index is 1.34. The van der Waals surface area contributed by atoms with Crippen LogP contribution in [0.15, 0.2) is 116 Å². The minimum atomic E-state index is -0.119. The molecule has 5 aromatic carbocycles. The molecule has 0 aliphatic carbocycles. The summed E-state index contributed by atoms with van der Waals surface area (Å²) in [4.78, 5) is 0. The molecule has 0 spiro atoms. The highest BCUT2D eigenvalue weighted by Gasteiger charge is 2.14. The molecule has 0 N–H and O–H groups in total. The molecule has 1 aliphatic rings. The maximum atomic E-state index is 9.46. The van der Waals surface area contributed by atoms with Gasteiger partial charge in [0.05, 0.1) is 23.3 Å². The van der Waals surface area contributed by atoms with Crippen LogP contribution in [0.2, 0.25) is 0 Å². The molecule has 196 valence electrons. The van der Waals surface area contributed by atoms with Gasteiger partial charge in [0.2, 0.25) is 0 Å². The van der Waals surface area contributed by atoms with E-state index >= 15 is 0 Å². The van der Waals surface area contributed by atoms with Gasteiger partial charge in [0.15, 0.2) is 0 Å². The summed E-state index contributed by atoms with van der Waals surface area (Å²) < 4.78 is 16.8. The second kappa shape index (κ2) is 9.69. The van der Waals surface area contributed by atoms with Crippen molar-refractivity contribution in [3.05, 3.63) is 124 Å². The lowest BCUT2D eigenvalue weighted by Gasteiger charge is -2.12. The van der Waals surface area contributed by atoms with Gasteiger partial charge in [0.1, 0.15) is 22.3 Å². The molecule has 0 unspecified atom stereocenters. The molecule has 0 radical (unpaired) electrons. The molecule has 42 heavy (non-hydrogen) atoms. The zero-order chi connectivity index (χ0) is 28.2. The third kappa shape index (κ3) is 4.06. The van der Waals surface area contributed by atoms with E-state index in [4.69, 9.17) is 8.83 Å². The fourth-order valence-electron chi connectivity index (χ4n) is 5.66. The Hall–Kier alpha value is -5.24. The molecule has 8 rings (SSSR count). The van der Waals surface area contributed by atoms with E-state index in [9.17, 15) is 10.5 Å². The summed E-state index contributed by atoms with van der Waals surface area (Å²) in [5.41, 5.74) is 11.1. The Morgan fingerprint density at radius 1 is 0.500 bits per heavy atom. The van der Waals surface area contributed by atoms with Gasteiger partial charge in [-0.3, -0.25) is 0 Å². The van der Waals surface area contributed by atoms with Crippen LogP contribution >= 0.6 is 20.7 Å². The lowest BCUT2D eigenvalue weighted by atomic mass is 9.92. The summed E-state index contributed by atoms with van der Waals surface area (Å²) in [6.07, 6.45) is 4.33. The van der Waals surface area contributed by atoms with Crippen LogP contribution < -0.4 is 0 Å². The summed E-state index contributed by atoms with van der Waals surface area (Å²) in [5, 5.41) is 22.8. The van der Waals surface area contributed by atoms with E-state index in [1.54, 1.807) is 12.1 Å². The second-order valence-electron chi connectivity index (χ2n) is 10.2. The van der Waals surface area contributed by atoms with Crippen LogP contribution in [0.1, 0.15) is 16.7 Å². The van der Waals surface area contributed by atoms with E-state index < -0.39 is 0 Å². The molecule has 2 aromatic heterocycles. The third-order valence-corrected chi connectivity index (χ3v) is 9.59. The fraction of sp³-hybridized carbons (Fsp3) is 0. The molecule has 7 aromatic rings. The molecule has 4 nitrogen and oxygen atoms in total. The van der Waals surface area contributed by atoms with Gasteiger partial charge < -0.3 is 8.83 Å². The van der Waals surface area contributed by atoms with Crippen LogP contribution in [-0.4, -0.2) is 4.01 Å².